The number of hydrogen-bond donors (Lipinski definition) is 2. The Balaban J connectivity index is 1.86. The fourth-order valence-electron chi connectivity index (χ4n) is 4.44. The van der Waals surface area contributed by atoms with Crippen LogP contribution in [-0.2, 0) is 39.2 Å². The molecule has 0 aromatic heterocycles. The number of ketones is 2. The molecule has 1 heterocycles. The molecule has 0 saturated heterocycles. The molecule has 0 bridgehead atoms. The third-order valence-corrected chi connectivity index (χ3v) is 6.08. The zero-order chi connectivity index (χ0) is 23.4. The Morgan fingerprint density at radius 2 is 1.45 bits per heavy atom. The highest BCUT2D eigenvalue weighted by Crippen LogP contribution is 2.36. The highest BCUT2D eigenvalue weighted by atomic mass is 16.5. The largest absolute Gasteiger partial charge is 0.497 e. The summed E-state index contributed by atoms with van der Waals surface area (Å²) in [6.07, 6.45) is 0.124. The summed E-state index contributed by atoms with van der Waals surface area (Å²) >= 11 is 0. The minimum Gasteiger partial charge on any atom is -0.497 e. The first-order valence-electron chi connectivity index (χ1n) is 10.8. The quantitative estimate of drug-likeness (QED) is 0.520. The minimum atomic E-state index is -1.78. The van der Waals surface area contributed by atoms with Gasteiger partial charge in [0, 0.05) is 12.8 Å². The molecule has 6 nitrogen and oxygen atoms in total. The zero-order valence-corrected chi connectivity index (χ0v) is 18.3. The van der Waals surface area contributed by atoms with Crippen molar-refractivity contribution in [2.24, 2.45) is 0 Å². The number of fused-ring (bicyclic) bond motifs is 1. The van der Waals surface area contributed by atoms with E-state index in [9.17, 15) is 19.5 Å². The second-order valence-corrected chi connectivity index (χ2v) is 8.18. The maximum absolute atomic E-state index is 13.9. The number of nitrogens with one attached hydrogen (secondary N) is 1. The van der Waals surface area contributed by atoms with E-state index in [0.717, 1.165) is 11.1 Å². The van der Waals surface area contributed by atoms with Crippen LogP contribution in [0.4, 0.5) is 0 Å². The lowest BCUT2D eigenvalue weighted by atomic mass is 9.72. The number of rotatable bonds is 8. The number of carboxylic acid groups (broad SMARTS) is 1. The lowest BCUT2D eigenvalue weighted by molar-refractivity contribution is -0.143. The van der Waals surface area contributed by atoms with E-state index < -0.39 is 17.6 Å². The smallest absolute Gasteiger partial charge is 0.321 e. The molecule has 168 valence electrons. The fraction of sp³-hybridized carbons (Fsp3) is 0.222. The summed E-state index contributed by atoms with van der Waals surface area (Å²) in [5, 5.41) is 12.8. The van der Waals surface area contributed by atoms with E-state index in [4.69, 9.17) is 4.74 Å². The average Bonchev–Trinajstić information content (AvgIpc) is 2.83. The van der Waals surface area contributed by atoms with Crippen molar-refractivity contribution in [3.8, 4) is 5.75 Å². The van der Waals surface area contributed by atoms with Gasteiger partial charge < -0.3 is 9.84 Å². The molecule has 0 saturated carbocycles. The van der Waals surface area contributed by atoms with Crippen molar-refractivity contribution in [1.29, 1.82) is 0 Å². The third kappa shape index (κ3) is 4.43. The number of Topliss-reactive ketones (excluding diaryl/α,β-unsaturated/α-hetero) is 2. The minimum absolute atomic E-state index is 0.00776. The highest BCUT2D eigenvalue weighted by Gasteiger charge is 2.52. The van der Waals surface area contributed by atoms with Gasteiger partial charge in [-0.2, -0.15) is 0 Å². The summed E-state index contributed by atoms with van der Waals surface area (Å²) in [6, 6.07) is 22.3. The van der Waals surface area contributed by atoms with Gasteiger partial charge in [-0.25, -0.2) is 0 Å². The molecule has 1 aliphatic rings. The van der Waals surface area contributed by atoms with Crippen molar-refractivity contribution in [3.63, 3.8) is 0 Å². The average molecular weight is 443 g/mol. The monoisotopic (exact) mass is 443 g/mol. The highest BCUT2D eigenvalue weighted by molar-refractivity contribution is 6.14. The summed E-state index contributed by atoms with van der Waals surface area (Å²) in [4.78, 5) is 39.8. The first kappa shape index (κ1) is 22.4. The molecule has 0 spiro atoms. The van der Waals surface area contributed by atoms with Gasteiger partial charge in [-0.1, -0.05) is 66.7 Å². The van der Waals surface area contributed by atoms with Gasteiger partial charge in [0.25, 0.3) is 0 Å². The topological polar surface area (TPSA) is 92.7 Å². The number of hydrogen-bond acceptors (Lipinski definition) is 5. The van der Waals surface area contributed by atoms with Gasteiger partial charge in [-0.15, -0.1) is 0 Å². The lowest BCUT2D eigenvalue weighted by Crippen LogP contribution is -2.64. The Kier molecular flexibility index (Phi) is 6.38. The maximum Gasteiger partial charge on any atom is 0.321 e. The molecule has 1 atom stereocenters. The van der Waals surface area contributed by atoms with Crippen LogP contribution >= 0.6 is 0 Å². The molecule has 1 unspecified atom stereocenters. The standard InChI is InChI=1S/C27H25NO5/c1-33-21-12-13-22-20(16-21)17-23(26(31)32)28-27(22,24(29)14-18-8-4-2-5-9-18)25(30)15-19-10-6-3-7-11-19/h2-13,16,23,28H,14-15,17H2,1H3,(H,31,32). The van der Waals surface area contributed by atoms with Gasteiger partial charge in [-0.3, -0.25) is 19.7 Å². The number of carbonyl (C=O) groups excluding carboxylic acids is 2. The number of methoxy groups -OCH3 is 1. The Bertz CT molecular complexity index is 1120. The van der Waals surface area contributed by atoms with Crippen LogP contribution in [0.15, 0.2) is 78.9 Å². The van der Waals surface area contributed by atoms with Crippen LogP contribution in [0.3, 0.4) is 0 Å². The van der Waals surface area contributed by atoms with Crippen LogP contribution in [-0.4, -0.2) is 35.8 Å². The van der Waals surface area contributed by atoms with Crippen molar-refractivity contribution in [1.82, 2.24) is 5.32 Å². The molecule has 0 radical (unpaired) electrons. The van der Waals surface area contributed by atoms with Gasteiger partial charge in [0.1, 0.15) is 11.8 Å². The van der Waals surface area contributed by atoms with E-state index >= 15 is 0 Å². The summed E-state index contributed by atoms with van der Waals surface area (Å²) < 4.78 is 5.32. The molecule has 0 aliphatic carbocycles. The summed E-state index contributed by atoms with van der Waals surface area (Å²) in [6.45, 7) is 0. The van der Waals surface area contributed by atoms with Crippen LogP contribution in [0.1, 0.15) is 22.3 Å². The molecule has 0 fully saturated rings. The van der Waals surface area contributed by atoms with E-state index in [0.29, 0.717) is 16.9 Å². The number of carboxylic acids is 1. The van der Waals surface area contributed by atoms with Crippen molar-refractivity contribution in [3.05, 3.63) is 101 Å². The van der Waals surface area contributed by atoms with Crippen molar-refractivity contribution < 1.29 is 24.2 Å². The van der Waals surface area contributed by atoms with Crippen LogP contribution < -0.4 is 10.1 Å². The molecule has 4 rings (SSSR count). The van der Waals surface area contributed by atoms with Crippen LogP contribution in [0.5, 0.6) is 5.75 Å². The Labute approximate surface area is 192 Å². The second-order valence-electron chi connectivity index (χ2n) is 8.18. The van der Waals surface area contributed by atoms with Gasteiger partial charge in [-0.05, 0) is 40.8 Å². The van der Waals surface area contributed by atoms with Crippen LogP contribution in [0.2, 0.25) is 0 Å². The molecule has 3 aromatic carbocycles. The molecule has 2 N–H and O–H groups in total. The van der Waals surface area contributed by atoms with Crippen LogP contribution in [0, 0.1) is 0 Å². The van der Waals surface area contributed by atoms with Crippen molar-refractivity contribution in [2.45, 2.75) is 30.8 Å². The Morgan fingerprint density at radius 3 is 1.94 bits per heavy atom. The Hall–Kier alpha value is -3.77. The van der Waals surface area contributed by atoms with Gasteiger partial charge in [0.2, 0.25) is 0 Å². The first-order chi connectivity index (χ1) is 15.9. The SMILES string of the molecule is COc1ccc2c(c1)CC(C(=O)O)NC2(C(=O)Cc1ccccc1)C(=O)Cc1ccccc1. The molecule has 1 aliphatic heterocycles. The lowest BCUT2D eigenvalue weighted by Gasteiger charge is -2.40. The summed E-state index contributed by atoms with van der Waals surface area (Å²) in [5.41, 5.74) is 0.826. The first-order valence-corrected chi connectivity index (χ1v) is 10.8. The van der Waals surface area contributed by atoms with Crippen molar-refractivity contribution >= 4 is 17.5 Å². The van der Waals surface area contributed by atoms with Gasteiger partial charge in [0.15, 0.2) is 17.1 Å². The summed E-state index contributed by atoms with van der Waals surface area (Å²) in [7, 11) is 1.52. The number of carbonyl (C=O) groups is 3. The zero-order valence-electron chi connectivity index (χ0n) is 18.3. The molecular weight excluding hydrogens is 418 g/mol. The van der Waals surface area contributed by atoms with Gasteiger partial charge in [0.05, 0.1) is 7.11 Å². The predicted molar refractivity (Wildman–Crippen MR) is 123 cm³/mol. The Morgan fingerprint density at radius 1 is 0.909 bits per heavy atom. The number of benzene rings is 3. The van der Waals surface area contributed by atoms with E-state index in [1.807, 2.05) is 60.7 Å². The molecule has 3 aromatic rings. The molecule has 0 amide bonds. The van der Waals surface area contributed by atoms with E-state index in [1.165, 1.54) is 7.11 Å². The fourth-order valence-corrected chi connectivity index (χ4v) is 4.44. The molecular formula is C27H25NO5. The number of aliphatic carboxylic acids is 1. The molecule has 6 heteroatoms. The van der Waals surface area contributed by atoms with E-state index in [2.05, 4.69) is 5.32 Å². The van der Waals surface area contributed by atoms with Gasteiger partial charge >= 0.3 is 5.97 Å². The second kappa shape index (κ2) is 9.38. The molecule has 33 heavy (non-hydrogen) atoms. The normalized spacial score (nSPS) is 16.5. The van der Waals surface area contributed by atoms with Crippen molar-refractivity contribution in [2.75, 3.05) is 7.11 Å². The van der Waals surface area contributed by atoms with E-state index in [-0.39, 0.29) is 30.8 Å². The van der Waals surface area contributed by atoms with E-state index in [1.54, 1.807) is 18.2 Å². The van der Waals surface area contributed by atoms with Crippen LogP contribution in [0.25, 0.3) is 0 Å². The maximum atomic E-state index is 13.9. The third-order valence-electron chi connectivity index (χ3n) is 6.08. The summed E-state index contributed by atoms with van der Waals surface area (Å²) in [5.74, 6) is -1.34. The predicted octanol–water partition coefficient (Wildman–Crippen LogP) is 3.11. The number of ether oxygens (including phenoxy) is 1.